The van der Waals surface area contributed by atoms with Gasteiger partial charge in [-0.2, -0.15) is 0 Å². The molecule has 0 aromatic carbocycles. The van der Waals surface area contributed by atoms with Gasteiger partial charge in [-0.3, -0.25) is 0 Å². The molecule has 4 N–H and O–H groups in total. The number of halogens is 1. The number of rotatable bonds is 3. The monoisotopic (exact) mass is 314 g/mol. The van der Waals surface area contributed by atoms with E-state index < -0.39 is 5.60 Å². The third-order valence-corrected chi connectivity index (χ3v) is 3.61. The number of ether oxygens (including phenoxy) is 1. The van der Waals surface area contributed by atoms with E-state index in [0.29, 0.717) is 29.5 Å². The zero-order valence-corrected chi connectivity index (χ0v) is 12.7. The lowest BCUT2D eigenvalue weighted by Crippen LogP contribution is -2.54. The first-order chi connectivity index (χ1) is 9.88. The van der Waals surface area contributed by atoms with Gasteiger partial charge in [0.25, 0.3) is 0 Å². The molecule has 0 saturated carbocycles. The smallest absolute Gasteiger partial charge is 0.171 e. The molecule has 2 heterocycles. The van der Waals surface area contributed by atoms with E-state index in [2.05, 4.69) is 10.1 Å². The predicted molar refractivity (Wildman–Crippen MR) is 80.0 cm³/mol. The largest absolute Gasteiger partial charge is 0.409 e. The highest BCUT2D eigenvalue weighted by Gasteiger charge is 2.34. The van der Waals surface area contributed by atoms with Crippen molar-refractivity contribution >= 4 is 23.3 Å². The van der Waals surface area contributed by atoms with Gasteiger partial charge in [-0.15, -0.1) is 0 Å². The summed E-state index contributed by atoms with van der Waals surface area (Å²) in [5.74, 6) is 0.450. The van der Waals surface area contributed by atoms with Crippen molar-refractivity contribution in [3.8, 4) is 0 Å². The molecule has 0 bridgehead atoms. The van der Waals surface area contributed by atoms with Crippen molar-refractivity contribution in [1.82, 2.24) is 4.98 Å². The van der Waals surface area contributed by atoms with Gasteiger partial charge < -0.3 is 25.7 Å². The number of aromatic nitrogens is 1. The highest BCUT2D eigenvalue weighted by atomic mass is 35.5. The highest BCUT2D eigenvalue weighted by Crippen LogP contribution is 2.31. The number of pyridine rings is 1. The molecule has 0 radical (unpaired) electrons. The Balaban J connectivity index is 2.37. The molecule has 0 amide bonds. The molecule has 21 heavy (non-hydrogen) atoms. The van der Waals surface area contributed by atoms with Crippen LogP contribution in [0.15, 0.2) is 17.4 Å². The van der Waals surface area contributed by atoms with Gasteiger partial charge in [0.2, 0.25) is 0 Å². The Hall–Kier alpha value is -1.57. The molecule has 1 fully saturated rings. The van der Waals surface area contributed by atoms with Crippen molar-refractivity contribution in [2.75, 3.05) is 24.6 Å². The standard InChI is InChI=1S/C13H19ClN4O3/c1-13(2)7-18(5-8(6-19)21-13)12-10(14)9(3-4-16-12)11(15)17-20/h3-4,8,19-20H,5-7H2,1-2H3,(H2,15,17). The van der Waals surface area contributed by atoms with Gasteiger partial charge in [0.15, 0.2) is 5.84 Å². The van der Waals surface area contributed by atoms with Crippen LogP contribution in [0, 0.1) is 0 Å². The number of nitrogens with two attached hydrogens (primary N) is 1. The van der Waals surface area contributed by atoms with Crippen LogP contribution in [0.2, 0.25) is 5.02 Å². The molecule has 7 nitrogen and oxygen atoms in total. The molecule has 8 heteroatoms. The summed E-state index contributed by atoms with van der Waals surface area (Å²) in [5.41, 5.74) is 5.57. The molecule has 1 saturated heterocycles. The molecule has 0 spiro atoms. The number of aliphatic hydroxyl groups excluding tert-OH is 1. The van der Waals surface area contributed by atoms with Crippen molar-refractivity contribution in [1.29, 1.82) is 0 Å². The van der Waals surface area contributed by atoms with E-state index in [4.69, 9.17) is 27.3 Å². The zero-order chi connectivity index (χ0) is 15.6. The summed E-state index contributed by atoms with van der Waals surface area (Å²) >= 11 is 6.32. The average Bonchev–Trinajstić information content (AvgIpc) is 2.44. The highest BCUT2D eigenvalue weighted by molar-refractivity contribution is 6.36. The van der Waals surface area contributed by atoms with E-state index in [1.165, 1.54) is 0 Å². The van der Waals surface area contributed by atoms with Crippen LogP contribution in [0.25, 0.3) is 0 Å². The van der Waals surface area contributed by atoms with Crippen LogP contribution in [0.5, 0.6) is 0 Å². The zero-order valence-electron chi connectivity index (χ0n) is 12.0. The molecule has 1 atom stereocenters. The first-order valence-electron chi connectivity index (χ1n) is 6.54. The molecule has 0 aliphatic carbocycles. The van der Waals surface area contributed by atoms with E-state index in [1.54, 1.807) is 12.3 Å². The Morgan fingerprint density at radius 1 is 1.67 bits per heavy atom. The van der Waals surface area contributed by atoms with Crippen molar-refractivity contribution in [3.05, 3.63) is 22.8 Å². The quantitative estimate of drug-likeness (QED) is 0.330. The summed E-state index contributed by atoms with van der Waals surface area (Å²) < 4.78 is 5.76. The summed E-state index contributed by atoms with van der Waals surface area (Å²) in [6.07, 6.45) is 1.23. The van der Waals surface area contributed by atoms with Gasteiger partial charge >= 0.3 is 0 Å². The molecule has 1 aliphatic heterocycles. The van der Waals surface area contributed by atoms with E-state index in [1.807, 2.05) is 18.7 Å². The van der Waals surface area contributed by atoms with Crippen LogP contribution in [0.3, 0.4) is 0 Å². The second kappa shape index (κ2) is 6.05. The molecule has 2 rings (SSSR count). The lowest BCUT2D eigenvalue weighted by molar-refractivity contribution is -0.101. The lowest BCUT2D eigenvalue weighted by Gasteiger charge is -2.43. The van der Waals surface area contributed by atoms with Gasteiger partial charge in [-0.05, 0) is 19.9 Å². The Kier molecular flexibility index (Phi) is 4.55. The molecule has 1 aromatic rings. The van der Waals surface area contributed by atoms with E-state index >= 15 is 0 Å². The Morgan fingerprint density at radius 2 is 2.38 bits per heavy atom. The normalized spacial score (nSPS) is 22.4. The van der Waals surface area contributed by atoms with Crippen LogP contribution in [0.1, 0.15) is 19.4 Å². The maximum absolute atomic E-state index is 9.36. The van der Waals surface area contributed by atoms with Crippen molar-refractivity contribution in [3.63, 3.8) is 0 Å². The number of hydrogen-bond donors (Lipinski definition) is 3. The fraction of sp³-hybridized carbons (Fsp3) is 0.538. The minimum absolute atomic E-state index is 0.0742. The first-order valence-corrected chi connectivity index (χ1v) is 6.92. The van der Waals surface area contributed by atoms with Crippen molar-refractivity contribution in [2.24, 2.45) is 10.9 Å². The van der Waals surface area contributed by atoms with Gasteiger partial charge in [0.1, 0.15) is 5.82 Å². The molecular formula is C13H19ClN4O3. The summed E-state index contributed by atoms with van der Waals surface area (Å²) in [6.45, 7) is 4.81. The topological polar surface area (TPSA) is 104 Å². The Morgan fingerprint density at radius 3 is 3.00 bits per heavy atom. The van der Waals surface area contributed by atoms with Crippen molar-refractivity contribution in [2.45, 2.75) is 25.6 Å². The molecule has 1 aliphatic rings. The van der Waals surface area contributed by atoms with Crippen LogP contribution < -0.4 is 10.6 Å². The van der Waals surface area contributed by atoms with Crippen LogP contribution in [0.4, 0.5) is 5.82 Å². The van der Waals surface area contributed by atoms with E-state index in [-0.39, 0.29) is 18.5 Å². The molecule has 1 unspecified atom stereocenters. The number of anilines is 1. The summed E-state index contributed by atoms with van der Waals surface area (Å²) in [5, 5.41) is 21.4. The average molecular weight is 315 g/mol. The number of nitrogens with zero attached hydrogens (tertiary/aromatic N) is 3. The summed E-state index contributed by atoms with van der Waals surface area (Å²) in [6, 6.07) is 1.58. The summed E-state index contributed by atoms with van der Waals surface area (Å²) in [7, 11) is 0. The fourth-order valence-corrected chi connectivity index (χ4v) is 2.79. The van der Waals surface area contributed by atoms with Gasteiger partial charge in [-0.1, -0.05) is 16.8 Å². The minimum atomic E-state index is -0.441. The Bertz CT molecular complexity index is 550. The molecule has 116 valence electrons. The van der Waals surface area contributed by atoms with E-state index in [0.717, 1.165) is 0 Å². The predicted octanol–water partition coefficient (Wildman–Crippen LogP) is 0.806. The lowest BCUT2D eigenvalue weighted by atomic mass is 10.0. The van der Waals surface area contributed by atoms with Crippen molar-refractivity contribution < 1.29 is 15.1 Å². The second-order valence-corrected chi connectivity index (χ2v) is 5.92. The third kappa shape index (κ3) is 3.37. The fourth-order valence-electron chi connectivity index (χ4n) is 2.46. The molecule has 1 aromatic heterocycles. The Labute approximate surface area is 128 Å². The number of amidine groups is 1. The first kappa shape index (κ1) is 15.8. The number of oxime groups is 1. The van der Waals surface area contributed by atoms with E-state index in [9.17, 15) is 5.11 Å². The van der Waals surface area contributed by atoms with Crippen LogP contribution >= 0.6 is 11.6 Å². The third-order valence-electron chi connectivity index (χ3n) is 3.24. The number of morpholine rings is 1. The maximum atomic E-state index is 9.36. The van der Waals surface area contributed by atoms with Gasteiger partial charge in [0.05, 0.1) is 23.3 Å². The van der Waals surface area contributed by atoms with Gasteiger partial charge in [-0.25, -0.2) is 4.98 Å². The summed E-state index contributed by atoms with van der Waals surface area (Å²) in [4.78, 5) is 6.21. The maximum Gasteiger partial charge on any atom is 0.171 e. The van der Waals surface area contributed by atoms with Crippen LogP contribution in [-0.2, 0) is 4.74 Å². The number of hydrogen-bond acceptors (Lipinski definition) is 6. The number of aliphatic hydroxyl groups is 1. The van der Waals surface area contributed by atoms with Gasteiger partial charge in [0, 0.05) is 24.8 Å². The molecular weight excluding hydrogens is 296 g/mol. The second-order valence-electron chi connectivity index (χ2n) is 5.54. The van der Waals surface area contributed by atoms with Crippen LogP contribution in [-0.4, -0.2) is 52.5 Å². The minimum Gasteiger partial charge on any atom is -0.409 e. The SMILES string of the molecule is CC1(C)CN(c2nccc(/C(N)=N/O)c2Cl)CC(CO)O1.